The van der Waals surface area contributed by atoms with E-state index < -0.39 is 0 Å². The zero-order valence-corrected chi connectivity index (χ0v) is 9.07. The van der Waals surface area contributed by atoms with Crippen molar-refractivity contribution in [2.24, 2.45) is 0 Å². The summed E-state index contributed by atoms with van der Waals surface area (Å²) in [7, 11) is 0. The summed E-state index contributed by atoms with van der Waals surface area (Å²) >= 11 is 0. The van der Waals surface area contributed by atoms with Crippen LogP contribution in [0.15, 0.2) is 30.3 Å². The fourth-order valence-corrected chi connectivity index (χ4v) is 2.12. The Hall–Kier alpha value is -1.15. The van der Waals surface area contributed by atoms with Crippen LogP contribution in [0.2, 0.25) is 0 Å². The molecule has 1 fully saturated rings. The lowest BCUT2D eigenvalue weighted by Crippen LogP contribution is -2.41. The summed E-state index contributed by atoms with van der Waals surface area (Å²) in [5, 5.41) is 3.42. The van der Waals surface area contributed by atoms with E-state index in [0.717, 1.165) is 18.4 Å². The van der Waals surface area contributed by atoms with Gasteiger partial charge in [0.15, 0.2) is 5.78 Å². The summed E-state index contributed by atoms with van der Waals surface area (Å²) in [6.07, 6.45) is 2.79. The third-order valence-corrected chi connectivity index (χ3v) is 3.09. The van der Waals surface area contributed by atoms with Gasteiger partial charge in [-0.2, -0.15) is 0 Å². The predicted octanol–water partition coefficient (Wildman–Crippen LogP) is 2.46. The molecule has 0 amide bonds. The van der Waals surface area contributed by atoms with Crippen LogP contribution in [0.4, 0.5) is 0 Å². The summed E-state index contributed by atoms with van der Waals surface area (Å²) in [4.78, 5) is 11.8. The molecule has 1 aliphatic heterocycles. The number of hydrogen-bond donors (Lipinski definition) is 1. The van der Waals surface area contributed by atoms with Gasteiger partial charge in [-0.05, 0) is 18.4 Å². The maximum atomic E-state index is 11.8. The standard InChI is InChI=1S/C13H17NO/c1-2-11-8-9-12(15)13(14-11)10-6-4-3-5-7-10/h3-7,11,13-14H,2,8-9H2,1H3. The Balaban J connectivity index is 2.16. The van der Waals surface area contributed by atoms with E-state index in [1.54, 1.807) is 0 Å². The van der Waals surface area contributed by atoms with Gasteiger partial charge >= 0.3 is 0 Å². The second-order valence-corrected chi connectivity index (χ2v) is 4.12. The van der Waals surface area contributed by atoms with Crippen LogP contribution in [0.1, 0.15) is 37.8 Å². The molecule has 2 nitrogen and oxygen atoms in total. The zero-order chi connectivity index (χ0) is 10.7. The summed E-state index contributed by atoms with van der Waals surface area (Å²) < 4.78 is 0. The molecule has 2 heteroatoms. The number of rotatable bonds is 2. The quantitative estimate of drug-likeness (QED) is 0.800. The molecule has 0 spiro atoms. The molecular weight excluding hydrogens is 186 g/mol. The van der Waals surface area contributed by atoms with Crippen molar-refractivity contribution in [3.8, 4) is 0 Å². The summed E-state index contributed by atoms with van der Waals surface area (Å²) in [6, 6.07) is 10.4. The molecule has 80 valence electrons. The van der Waals surface area contributed by atoms with E-state index in [1.165, 1.54) is 0 Å². The van der Waals surface area contributed by atoms with Gasteiger partial charge in [-0.15, -0.1) is 0 Å². The minimum absolute atomic E-state index is 0.0788. The van der Waals surface area contributed by atoms with Crippen LogP contribution in [-0.2, 0) is 4.79 Å². The van der Waals surface area contributed by atoms with Gasteiger partial charge in [0, 0.05) is 12.5 Å². The summed E-state index contributed by atoms with van der Waals surface area (Å²) in [6.45, 7) is 2.16. The Bertz CT molecular complexity index is 334. The molecule has 2 unspecified atom stereocenters. The lowest BCUT2D eigenvalue weighted by atomic mass is 9.91. The van der Waals surface area contributed by atoms with Gasteiger partial charge in [0.2, 0.25) is 0 Å². The molecule has 1 N–H and O–H groups in total. The number of carbonyl (C=O) groups is 1. The van der Waals surface area contributed by atoms with Gasteiger partial charge in [-0.25, -0.2) is 0 Å². The molecule has 0 aliphatic carbocycles. The average Bonchev–Trinajstić information content (AvgIpc) is 2.31. The number of hydrogen-bond acceptors (Lipinski definition) is 2. The monoisotopic (exact) mass is 203 g/mol. The number of carbonyl (C=O) groups excluding carboxylic acids is 1. The molecule has 2 atom stereocenters. The van der Waals surface area contributed by atoms with E-state index >= 15 is 0 Å². The highest BCUT2D eigenvalue weighted by Gasteiger charge is 2.27. The molecular formula is C13H17NO. The van der Waals surface area contributed by atoms with Crippen molar-refractivity contribution >= 4 is 5.78 Å². The molecule has 0 radical (unpaired) electrons. The minimum atomic E-state index is -0.0788. The van der Waals surface area contributed by atoms with E-state index in [4.69, 9.17) is 0 Å². The van der Waals surface area contributed by atoms with Gasteiger partial charge < -0.3 is 5.32 Å². The van der Waals surface area contributed by atoms with Crippen LogP contribution in [0.3, 0.4) is 0 Å². The van der Waals surface area contributed by atoms with Crippen molar-refractivity contribution in [2.45, 2.75) is 38.3 Å². The Morgan fingerprint density at radius 1 is 1.33 bits per heavy atom. The highest BCUT2D eigenvalue weighted by molar-refractivity contribution is 5.86. The Labute approximate surface area is 90.7 Å². The first-order valence-electron chi connectivity index (χ1n) is 5.65. The van der Waals surface area contributed by atoms with Crippen LogP contribution < -0.4 is 5.32 Å². The zero-order valence-electron chi connectivity index (χ0n) is 9.07. The maximum absolute atomic E-state index is 11.8. The molecule has 0 bridgehead atoms. The number of Topliss-reactive ketones (excluding diaryl/α,β-unsaturated/α-hetero) is 1. The third-order valence-electron chi connectivity index (χ3n) is 3.09. The number of benzene rings is 1. The van der Waals surface area contributed by atoms with Crippen molar-refractivity contribution in [3.63, 3.8) is 0 Å². The number of piperidine rings is 1. The number of ketones is 1. The van der Waals surface area contributed by atoms with Crippen molar-refractivity contribution in [3.05, 3.63) is 35.9 Å². The van der Waals surface area contributed by atoms with Crippen molar-refractivity contribution < 1.29 is 4.79 Å². The third kappa shape index (κ3) is 2.26. The van der Waals surface area contributed by atoms with Crippen LogP contribution in [0, 0.1) is 0 Å². The second-order valence-electron chi connectivity index (χ2n) is 4.12. The normalized spacial score (nSPS) is 26.6. The lowest BCUT2D eigenvalue weighted by molar-refractivity contribution is -0.123. The molecule has 1 aromatic carbocycles. The van der Waals surface area contributed by atoms with Crippen LogP contribution in [-0.4, -0.2) is 11.8 Å². The van der Waals surface area contributed by atoms with Gasteiger partial charge in [0.05, 0.1) is 6.04 Å². The van der Waals surface area contributed by atoms with E-state index in [1.807, 2.05) is 30.3 Å². The van der Waals surface area contributed by atoms with Crippen LogP contribution >= 0.6 is 0 Å². The van der Waals surface area contributed by atoms with E-state index in [-0.39, 0.29) is 6.04 Å². The van der Waals surface area contributed by atoms with Crippen LogP contribution in [0.25, 0.3) is 0 Å². The predicted molar refractivity (Wildman–Crippen MR) is 60.6 cm³/mol. The van der Waals surface area contributed by atoms with E-state index in [2.05, 4.69) is 12.2 Å². The smallest absolute Gasteiger partial charge is 0.154 e. The second kappa shape index (κ2) is 4.58. The highest BCUT2D eigenvalue weighted by Crippen LogP contribution is 2.23. The molecule has 1 aliphatic rings. The van der Waals surface area contributed by atoms with E-state index in [0.29, 0.717) is 18.2 Å². The first kappa shape index (κ1) is 10.4. The summed E-state index contributed by atoms with van der Waals surface area (Å²) in [5.74, 6) is 0.325. The lowest BCUT2D eigenvalue weighted by Gasteiger charge is -2.29. The van der Waals surface area contributed by atoms with Gasteiger partial charge in [-0.3, -0.25) is 4.79 Å². The molecule has 1 aromatic rings. The van der Waals surface area contributed by atoms with Gasteiger partial charge in [0.1, 0.15) is 0 Å². The fourth-order valence-electron chi connectivity index (χ4n) is 2.12. The Morgan fingerprint density at radius 2 is 2.07 bits per heavy atom. The van der Waals surface area contributed by atoms with Crippen molar-refractivity contribution in [1.82, 2.24) is 5.32 Å². The van der Waals surface area contributed by atoms with Crippen LogP contribution in [0.5, 0.6) is 0 Å². The Kier molecular flexibility index (Phi) is 3.17. The molecule has 0 aromatic heterocycles. The van der Waals surface area contributed by atoms with E-state index in [9.17, 15) is 4.79 Å². The molecule has 0 saturated carbocycles. The highest BCUT2D eigenvalue weighted by atomic mass is 16.1. The topological polar surface area (TPSA) is 29.1 Å². The average molecular weight is 203 g/mol. The van der Waals surface area contributed by atoms with Crippen molar-refractivity contribution in [1.29, 1.82) is 0 Å². The van der Waals surface area contributed by atoms with Crippen molar-refractivity contribution in [2.75, 3.05) is 0 Å². The molecule has 1 saturated heterocycles. The summed E-state index contributed by atoms with van der Waals surface area (Å²) in [5.41, 5.74) is 1.10. The SMILES string of the molecule is CCC1CCC(=O)C(c2ccccc2)N1. The maximum Gasteiger partial charge on any atom is 0.154 e. The largest absolute Gasteiger partial charge is 0.301 e. The number of nitrogens with one attached hydrogen (secondary N) is 1. The molecule has 1 heterocycles. The molecule has 2 rings (SSSR count). The molecule has 15 heavy (non-hydrogen) atoms. The Morgan fingerprint density at radius 3 is 2.73 bits per heavy atom. The first-order valence-corrected chi connectivity index (χ1v) is 5.65. The minimum Gasteiger partial charge on any atom is -0.301 e. The van der Waals surface area contributed by atoms with Gasteiger partial charge in [-0.1, -0.05) is 37.3 Å². The fraction of sp³-hybridized carbons (Fsp3) is 0.462. The first-order chi connectivity index (χ1) is 7.31. The van der Waals surface area contributed by atoms with Gasteiger partial charge in [0.25, 0.3) is 0 Å².